The standard InChI is InChI=1S/C21H22N2O5S/c1-15(20-14-16-5-2-3-8-19(16)28-20)22-21(24)17-6-4-7-18(13-17)29(25,26)23-9-11-27-12-10-23/h2-8,13-15H,9-12H2,1H3,(H,22,24)/t15-/m0/s1. The third-order valence-electron chi connectivity index (χ3n) is 4.92. The first-order valence-corrected chi connectivity index (χ1v) is 10.9. The molecule has 1 fully saturated rings. The van der Waals surface area contributed by atoms with Crippen molar-refractivity contribution in [2.24, 2.45) is 0 Å². The van der Waals surface area contributed by atoms with Crippen LogP contribution in [0.5, 0.6) is 0 Å². The van der Waals surface area contributed by atoms with Crippen LogP contribution in [0, 0.1) is 0 Å². The lowest BCUT2D eigenvalue weighted by Crippen LogP contribution is -2.40. The first kappa shape index (κ1) is 19.6. The molecule has 1 amide bonds. The van der Waals surface area contributed by atoms with Gasteiger partial charge in [-0.3, -0.25) is 4.79 Å². The molecule has 8 heteroatoms. The Kier molecular flexibility index (Phi) is 5.40. The van der Waals surface area contributed by atoms with Crippen LogP contribution in [0.15, 0.2) is 63.9 Å². The number of hydrogen-bond donors (Lipinski definition) is 1. The summed E-state index contributed by atoms with van der Waals surface area (Å²) in [5.74, 6) is 0.272. The maximum atomic E-state index is 12.8. The Morgan fingerprint density at radius 3 is 2.59 bits per heavy atom. The van der Waals surface area contributed by atoms with Gasteiger partial charge in [0.2, 0.25) is 10.0 Å². The van der Waals surface area contributed by atoms with Crippen LogP contribution in [-0.2, 0) is 14.8 Å². The molecule has 1 aliphatic heterocycles. The Labute approximate surface area is 169 Å². The number of carbonyl (C=O) groups is 1. The van der Waals surface area contributed by atoms with E-state index in [1.54, 1.807) is 12.1 Å². The monoisotopic (exact) mass is 414 g/mol. The lowest BCUT2D eigenvalue weighted by Gasteiger charge is -2.26. The van der Waals surface area contributed by atoms with Gasteiger partial charge in [0.25, 0.3) is 5.91 Å². The Bertz CT molecular complexity index is 1100. The highest BCUT2D eigenvalue weighted by Gasteiger charge is 2.27. The highest BCUT2D eigenvalue weighted by Crippen LogP contribution is 2.24. The fraction of sp³-hybridized carbons (Fsp3) is 0.286. The molecule has 1 aliphatic rings. The van der Waals surface area contributed by atoms with Gasteiger partial charge in [-0.2, -0.15) is 4.31 Å². The van der Waals surface area contributed by atoms with Crippen molar-refractivity contribution in [3.8, 4) is 0 Å². The molecule has 3 aromatic rings. The van der Waals surface area contributed by atoms with Gasteiger partial charge in [0.1, 0.15) is 11.3 Å². The van der Waals surface area contributed by atoms with E-state index in [1.165, 1.54) is 16.4 Å². The maximum absolute atomic E-state index is 12.8. The van der Waals surface area contributed by atoms with Crippen LogP contribution in [0.4, 0.5) is 0 Å². The van der Waals surface area contributed by atoms with E-state index in [9.17, 15) is 13.2 Å². The van der Waals surface area contributed by atoms with Crippen molar-refractivity contribution in [2.45, 2.75) is 17.9 Å². The predicted molar refractivity (Wildman–Crippen MR) is 108 cm³/mol. The van der Waals surface area contributed by atoms with Crippen molar-refractivity contribution >= 4 is 26.9 Å². The van der Waals surface area contributed by atoms with Crippen molar-refractivity contribution in [1.29, 1.82) is 0 Å². The molecule has 0 radical (unpaired) electrons. The third-order valence-corrected chi connectivity index (χ3v) is 6.82. The van der Waals surface area contributed by atoms with Gasteiger partial charge in [-0.15, -0.1) is 0 Å². The van der Waals surface area contributed by atoms with Crippen molar-refractivity contribution in [2.75, 3.05) is 26.3 Å². The molecule has 7 nitrogen and oxygen atoms in total. The number of morpholine rings is 1. The SMILES string of the molecule is C[C@H](NC(=O)c1cccc(S(=O)(=O)N2CCOCC2)c1)c1cc2ccccc2o1. The van der Waals surface area contributed by atoms with Gasteiger partial charge >= 0.3 is 0 Å². The van der Waals surface area contributed by atoms with Crippen molar-refractivity contribution in [3.05, 3.63) is 65.9 Å². The van der Waals surface area contributed by atoms with Crippen LogP contribution in [0.3, 0.4) is 0 Å². The quantitative estimate of drug-likeness (QED) is 0.693. The normalized spacial score (nSPS) is 16.6. The highest BCUT2D eigenvalue weighted by atomic mass is 32.2. The molecule has 4 rings (SSSR count). The van der Waals surface area contributed by atoms with Gasteiger partial charge in [-0.1, -0.05) is 24.3 Å². The minimum Gasteiger partial charge on any atom is -0.459 e. The molecule has 0 bridgehead atoms. The number of furan rings is 1. The second-order valence-corrected chi connectivity index (χ2v) is 8.86. The smallest absolute Gasteiger partial charge is 0.251 e. The number of ether oxygens (including phenoxy) is 1. The van der Waals surface area contributed by atoms with Gasteiger partial charge in [0.05, 0.1) is 24.2 Å². The molecule has 0 spiro atoms. The molecule has 2 aromatic carbocycles. The molecule has 2 heterocycles. The largest absolute Gasteiger partial charge is 0.459 e. The summed E-state index contributed by atoms with van der Waals surface area (Å²) < 4.78 is 38.1. The molecule has 1 atom stereocenters. The average molecular weight is 414 g/mol. The van der Waals surface area contributed by atoms with Gasteiger partial charge in [0.15, 0.2) is 0 Å². The number of amides is 1. The first-order chi connectivity index (χ1) is 13.9. The fourth-order valence-electron chi connectivity index (χ4n) is 3.30. The van der Waals surface area contributed by atoms with Crippen LogP contribution in [0.2, 0.25) is 0 Å². The van der Waals surface area contributed by atoms with E-state index in [-0.39, 0.29) is 22.4 Å². The zero-order chi connectivity index (χ0) is 20.4. The predicted octanol–water partition coefficient (Wildman–Crippen LogP) is 2.94. The lowest BCUT2D eigenvalue weighted by molar-refractivity contribution is 0.0730. The molecule has 0 saturated carbocycles. The Balaban J connectivity index is 1.52. The molecule has 1 aromatic heterocycles. The third kappa shape index (κ3) is 4.05. The van der Waals surface area contributed by atoms with Crippen LogP contribution in [0.25, 0.3) is 11.0 Å². The molecule has 152 valence electrons. The number of hydrogen-bond acceptors (Lipinski definition) is 5. The summed E-state index contributed by atoms with van der Waals surface area (Å²) in [6.07, 6.45) is 0. The van der Waals surface area contributed by atoms with Crippen LogP contribution < -0.4 is 5.32 Å². The van der Waals surface area contributed by atoms with E-state index in [0.29, 0.717) is 32.1 Å². The Hall–Kier alpha value is -2.68. The van der Waals surface area contributed by atoms with Crippen LogP contribution in [0.1, 0.15) is 29.1 Å². The summed E-state index contributed by atoms with van der Waals surface area (Å²) in [7, 11) is -3.66. The van der Waals surface area contributed by atoms with Crippen molar-refractivity contribution < 1.29 is 22.4 Å². The topological polar surface area (TPSA) is 88.9 Å². The van der Waals surface area contributed by atoms with Gasteiger partial charge in [-0.25, -0.2) is 8.42 Å². The second-order valence-electron chi connectivity index (χ2n) is 6.93. The van der Waals surface area contributed by atoms with E-state index >= 15 is 0 Å². The summed E-state index contributed by atoms with van der Waals surface area (Å²) in [5, 5.41) is 3.83. The number of sulfonamides is 1. The summed E-state index contributed by atoms with van der Waals surface area (Å²) >= 11 is 0. The molecule has 0 aliphatic carbocycles. The lowest BCUT2D eigenvalue weighted by atomic mass is 10.1. The molecule has 1 saturated heterocycles. The minimum atomic E-state index is -3.66. The van der Waals surface area contributed by atoms with E-state index in [0.717, 1.165) is 11.0 Å². The molecule has 0 unspecified atom stereocenters. The fourth-order valence-corrected chi connectivity index (χ4v) is 4.76. The van der Waals surface area contributed by atoms with Crippen LogP contribution in [-0.4, -0.2) is 44.9 Å². The number of rotatable bonds is 5. The molecule has 29 heavy (non-hydrogen) atoms. The Morgan fingerprint density at radius 2 is 1.83 bits per heavy atom. The van der Waals surface area contributed by atoms with E-state index in [1.807, 2.05) is 37.3 Å². The highest BCUT2D eigenvalue weighted by molar-refractivity contribution is 7.89. The second kappa shape index (κ2) is 7.98. The first-order valence-electron chi connectivity index (χ1n) is 9.42. The van der Waals surface area contributed by atoms with Gasteiger partial charge < -0.3 is 14.5 Å². The molecular formula is C21H22N2O5S. The maximum Gasteiger partial charge on any atom is 0.251 e. The summed E-state index contributed by atoms with van der Waals surface area (Å²) in [6, 6.07) is 15.2. The summed E-state index contributed by atoms with van der Waals surface area (Å²) in [5.41, 5.74) is 1.03. The van der Waals surface area contributed by atoms with Crippen molar-refractivity contribution in [3.63, 3.8) is 0 Å². The number of carbonyl (C=O) groups excluding carboxylic acids is 1. The zero-order valence-electron chi connectivity index (χ0n) is 16.0. The van der Waals surface area contributed by atoms with Crippen LogP contribution >= 0.6 is 0 Å². The van der Waals surface area contributed by atoms with E-state index in [4.69, 9.17) is 9.15 Å². The summed E-state index contributed by atoms with van der Waals surface area (Å²) in [6.45, 7) is 3.18. The Morgan fingerprint density at radius 1 is 1.07 bits per heavy atom. The number of fused-ring (bicyclic) bond motifs is 1. The average Bonchev–Trinajstić information content (AvgIpc) is 3.19. The number of nitrogens with one attached hydrogen (secondary N) is 1. The number of nitrogens with zero attached hydrogens (tertiary/aromatic N) is 1. The molecular weight excluding hydrogens is 392 g/mol. The summed E-state index contributed by atoms with van der Waals surface area (Å²) in [4.78, 5) is 12.8. The van der Waals surface area contributed by atoms with E-state index in [2.05, 4.69) is 5.32 Å². The zero-order valence-corrected chi connectivity index (χ0v) is 16.8. The van der Waals surface area contributed by atoms with Gasteiger partial charge in [-0.05, 0) is 37.3 Å². The number of benzene rings is 2. The van der Waals surface area contributed by atoms with Gasteiger partial charge in [0, 0.05) is 24.0 Å². The molecule has 1 N–H and O–H groups in total. The number of para-hydroxylation sites is 1. The van der Waals surface area contributed by atoms with E-state index < -0.39 is 10.0 Å². The minimum absolute atomic E-state index is 0.100. The van der Waals surface area contributed by atoms with Crippen molar-refractivity contribution in [1.82, 2.24) is 9.62 Å².